The van der Waals surface area contributed by atoms with Crippen LogP contribution in [0, 0.1) is 0 Å². The second kappa shape index (κ2) is 4.53. The summed E-state index contributed by atoms with van der Waals surface area (Å²) >= 11 is 0. The summed E-state index contributed by atoms with van der Waals surface area (Å²) in [5.41, 5.74) is 0.848. The van der Waals surface area contributed by atoms with Gasteiger partial charge in [0.25, 0.3) is 0 Å². The summed E-state index contributed by atoms with van der Waals surface area (Å²) in [4.78, 5) is 0.434. The molecule has 4 nitrogen and oxygen atoms in total. The van der Waals surface area contributed by atoms with Crippen molar-refractivity contribution in [1.82, 2.24) is 9.62 Å². The minimum atomic E-state index is -3.30. The fraction of sp³-hybridized carbons (Fsp3) is 0.455. The minimum absolute atomic E-state index is 0.434. The van der Waals surface area contributed by atoms with Gasteiger partial charge in [-0.3, -0.25) is 0 Å². The van der Waals surface area contributed by atoms with Crippen molar-refractivity contribution >= 4 is 10.0 Å². The molecule has 1 N–H and O–H groups in total. The van der Waals surface area contributed by atoms with Crippen LogP contribution in [0.1, 0.15) is 12.5 Å². The van der Waals surface area contributed by atoms with Crippen LogP contribution in [0.3, 0.4) is 0 Å². The molecule has 0 spiro atoms. The SMILES string of the molecule is CCN1CCNCc2ccccc2S1(=O)=O. The van der Waals surface area contributed by atoms with Gasteiger partial charge < -0.3 is 5.32 Å². The minimum Gasteiger partial charge on any atom is -0.311 e. The zero-order chi connectivity index (χ0) is 11.6. The van der Waals surface area contributed by atoms with E-state index in [-0.39, 0.29) is 0 Å². The van der Waals surface area contributed by atoms with Crippen molar-refractivity contribution in [2.45, 2.75) is 18.4 Å². The number of benzene rings is 1. The lowest BCUT2D eigenvalue weighted by Gasteiger charge is -2.25. The molecule has 0 radical (unpaired) electrons. The van der Waals surface area contributed by atoms with Gasteiger partial charge in [0.15, 0.2) is 0 Å². The summed E-state index contributed by atoms with van der Waals surface area (Å²) in [6.45, 7) is 4.22. The second-order valence-electron chi connectivity index (χ2n) is 3.78. The molecule has 0 bridgehead atoms. The Kier molecular flexibility index (Phi) is 3.28. The predicted octanol–water partition coefficient (Wildman–Crippen LogP) is 0.800. The maximum absolute atomic E-state index is 12.3. The first kappa shape index (κ1) is 11.6. The largest absolute Gasteiger partial charge is 0.311 e. The first-order valence-corrected chi connectivity index (χ1v) is 6.89. The third-order valence-corrected chi connectivity index (χ3v) is 4.87. The lowest BCUT2D eigenvalue weighted by molar-refractivity contribution is 0.412. The molecule has 0 atom stereocenters. The second-order valence-corrected chi connectivity index (χ2v) is 5.69. The average molecular weight is 240 g/mol. The molecule has 0 saturated carbocycles. The quantitative estimate of drug-likeness (QED) is 0.790. The van der Waals surface area contributed by atoms with E-state index in [4.69, 9.17) is 0 Å². The summed E-state index contributed by atoms with van der Waals surface area (Å²) in [6, 6.07) is 7.18. The predicted molar refractivity (Wildman–Crippen MR) is 62.6 cm³/mol. The zero-order valence-electron chi connectivity index (χ0n) is 9.31. The van der Waals surface area contributed by atoms with Crippen molar-refractivity contribution in [2.75, 3.05) is 19.6 Å². The molecule has 5 heteroatoms. The van der Waals surface area contributed by atoms with E-state index in [0.29, 0.717) is 31.1 Å². The third kappa shape index (κ3) is 1.98. The Morgan fingerprint density at radius 2 is 2.12 bits per heavy atom. The molecule has 0 aromatic heterocycles. The molecule has 1 aromatic carbocycles. The maximum atomic E-state index is 12.3. The van der Waals surface area contributed by atoms with Crippen LogP contribution in [0.2, 0.25) is 0 Å². The zero-order valence-corrected chi connectivity index (χ0v) is 10.1. The Bertz CT molecular complexity index is 471. The Morgan fingerprint density at radius 3 is 2.88 bits per heavy atom. The van der Waals surface area contributed by atoms with Crippen molar-refractivity contribution in [1.29, 1.82) is 0 Å². The normalized spacial score (nSPS) is 20.8. The van der Waals surface area contributed by atoms with E-state index >= 15 is 0 Å². The number of nitrogens with one attached hydrogen (secondary N) is 1. The Hall–Kier alpha value is -0.910. The Balaban J connectivity index is 2.54. The van der Waals surface area contributed by atoms with Gasteiger partial charge in [-0.2, -0.15) is 4.31 Å². The van der Waals surface area contributed by atoms with Gasteiger partial charge in [0.05, 0.1) is 4.90 Å². The van der Waals surface area contributed by atoms with Crippen LogP contribution in [-0.4, -0.2) is 32.4 Å². The van der Waals surface area contributed by atoms with Gasteiger partial charge in [0, 0.05) is 26.2 Å². The van der Waals surface area contributed by atoms with E-state index in [2.05, 4.69) is 5.32 Å². The molecular weight excluding hydrogens is 224 g/mol. The van der Waals surface area contributed by atoms with Crippen LogP contribution < -0.4 is 5.32 Å². The van der Waals surface area contributed by atoms with Crippen LogP contribution in [0.15, 0.2) is 29.2 Å². The van der Waals surface area contributed by atoms with Gasteiger partial charge in [0.2, 0.25) is 10.0 Å². The summed E-state index contributed by atoms with van der Waals surface area (Å²) in [5, 5.41) is 3.24. The van der Waals surface area contributed by atoms with E-state index in [0.717, 1.165) is 5.56 Å². The number of sulfonamides is 1. The molecule has 0 fully saturated rings. The molecule has 88 valence electrons. The van der Waals surface area contributed by atoms with Crippen LogP contribution in [0.5, 0.6) is 0 Å². The van der Waals surface area contributed by atoms with Gasteiger partial charge in [-0.1, -0.05) is 25.1 Å². The molecular formula is C11H16N2O2S. The summed E-state index contributed by atoms with van der Waals surface area (Å²) < 4.78 is 26.1. The highest BCUT2D eigenvalue weighted by Gasteiger charge is 2.26. The molecule has 1 heterocycles. The van der Waals surface area contributed by atoms with E-state index in [1.54, 1.807) is 12.1 Å². The van der Waals surface area contributed by atoms with Crippen molar-refractivity contribution < 1.29 is 8.42 Å². The summed E-state index contributed by atoms with van der Waals surface area (Å²) in [7, 11) is -3.30. The smallest absolute Gasteiger partial charge is 0.243 e. The lowest BCUT2D eigenvalue weighted by Crippen LogP contribution is -2.39. The molecule has 1 aromatic rings. The molecule has 0 unspecified atom stereocenters. The van der Waals surface area contributed by atoms with Crippen molar-refractivity contribution in [3.63, 3.8) is 0 Å². The topological polar surface area (TPSA) is 49.4 Å². The highest BCUT2D eigenvalue weighted by molar-refractivity contribution is 7.89. The molecule has 2 rings (SSSR count). The van der Waals surface area contributed by atoms with Crippen molar-refractivity contribution in [3.05, 3.63) is 29.8 Å². The van der Waals surface area contributed by atoms with E-state index in [1.807, 2.05) is 19.1 Å². The molecule has 0 aliphatic carbocycles. The van der Waals surface area contributed by atoms with Gasteiger partial charge >= 0.3 is 0 Å². The number of hydrogen-bond acceptors (Lipinski definition) is 3. The van der Waals surface area contributed by atoms with E-state index < -0.39 is 10.0 Å². The highest BCUT2D eigenvalue weighted by atomic mass is 32.2. The van der Waals surface area contributed by atoms with E-state index in [9.17, 15) is 8.42 Å². The number of fused-ring (bicyclic) bond motifs is 1. The van der Waals surface area contributed by atoms with Gasteiger partial charge in [-0.25, -0.2) is 8.42 Å². The van der Waals surface area contributed by atoms with Crippen molar-refractivity contribution in [3.8, 4) is 0 Å². The van der Waals surface area contributed by atoms with Crippen molar-refractivity contribution in [2.24, 2.45) is 0 Å². The molecule has 0 saturated heterocycles. The fourth-order valence-electron chi connectivity index (χ4n) is 1.92. The maximum Gasteiger partial charge on any atom is 0.243 e. The molecule has 16 heavy (non-hydrogen) atoms. The number of hydrogen-bond donors (Lipinski definition) is 1. The van der Waals surface area contributed by atoms with Gasteiger partial charge in [-0.05, 0) is 11.6 Å². The van der Waals surface area contributed by atoms with Gasteiger partial charge in [0.1, 0.15) is 0 Å². The molecule has 1 aliphatic rings. The van der Waals surface area contributed by atoms with Crippen LogP contribution in [0.4, 0.5) is 0 Å². The summed E-state index contributed by atoms with van der Waals surface area (Å²) in [5.74, 6) is 0. The standard InChI is InChI=1S/C11H16N2O2S/c1-2-13-8-7-12-9-10-5-3-4-6-11(10)16(13,14)15/h3-6,12H,2,7-9H2,1H3. The third-order valence-electron chi connectivity index (χ3n) is 2.80. The Morgan fingerprint density at radius 1 is 1.38 bits per heavy atom. The molecule has 0 amide bonds. The summed E-state index contributed by atoms with van der Waals surface area (Å²) in [6.07, 6.45) is 0. The number of likely N-dealkylation sites (N-methyl/N-ethyl adjacent to an activating group) is 1. The van der Waals surface area contributed by atoms with Gasteiger partial charge in [-0.15, -0.1) is 0 Å². The van der Waals surface area contributed by atoms with E-state index in [1.165, 1.54) is 4.31 Å². The first-order valence-electron chi connectivity index (χ1n) is 5.45. The van der Waals surface area contributed by atoms with Crippen LogP contribution in [-0.2, 0) is 16.6 Å². The van der Waals surface area contributed by atoms with Crippen LogP contribution in [0.25, 0.3) is 0 Å². The monoisotopic (exact) mass is 240 g/mol. The van der Waals surface area contributed by atoms with Crippen LogP contribution >= 0.6 is 0 Å². The average Bonchev–Trinajstić information content (AvgIpc) is 2.27. The lowest BCUT2D eigenvalue weighted by atomic mass is 10.2. The molecule has 1 aliphatic heterocycles. The fourth-order valence-corrected chi connectivity index (χ4v) is 3.59. The number of rotatable bonds is 1. The highest BCUT2D eigenvalue weighted by Crippen LogP contribution is 2.21. The number of nitrogens with zero attached hydrogens (tertiary/aromatic N) is 1. The Labute approximate surface area is 96.3 Å². The first-order chi connectivity index (χ1) is 7.66.